The van der Waals surface area contributed by atoms with Crippen LogP contribution in [0.4, 0.5) is 0 Å². The van der Waals surface area contributed by atoms with Crippen molar-refractivity contribution in [2.24, 2.45) is 0 Å². The highest BCUT2D eigenvalue weighted by molar-refractivity contribution is 5.12. The van der Waals surface area contributed by atoms with Crippen molar-refractivity contribution in [1.82, 2.24) is 10.3 Å². The van der Waals surface area contributed by atoms with Crippen LogP contribution in [0.5, 0.6) is 0 Å². The van der Waals surface area contributed by atoms with Gasteiger partial charge in [-0.2, -0.15) is 0 Å². The zero-order chi connectivity index (χ0) is 11.4. The van der Waals surface area contributed by atoms with E-state index < -0.39 is 0 Å². The summed E-state index contributed by atoms with van der Waals surface area (Å²) in [5, 5.41) is 12.9. The van der Waals surface area contributed by atoms with Crippen molar-refractivity contribution in [2.75, 3.05) is 6.61 Å². The Bertz CT molecular complexity index is 328. The van der Waals surface area contributed by atoms with E-state index in [0.717, 1.165) is 25.1 Å². The molecule has 2 rings (SSSR count). The normalized spacial score (nSPS) is 18.9. The van der Waals surface area contributed by atoms with Crippen molar-refractivity contribution in [2.45, 2.75) is 44.7 Å². The Labute approximate surface area is 96.9 Å². The second kappa shape index (κ2) is 4.93. The van der Waals surface area contributed by atoms with E-state index in [4.69, 9.17) is 0 Å². The maximum Gasteiger partial charge on any atom is 0.0613 e. The summed E-state index contributed by atoms with van der Waals surface area (Å²) in [6.07, 6.45) is 6.48. The van der Waals surface area contributed by atoms with Crippen LogP contribution in [0.2, 0.25) is 0 Å². The van der Waals surface area contributed by atoms with Gasteiger partial charge in [-0.3, -0.25) is 4.98 Å². The highest BCUT2D eigenvalue weighted by atomic mass is 16.3. The Morgan fingerprint density at radius 1 is 1.38 bits per heavy atom. The molecule has 1 aliphatic carbocycles. The molecule has 88 valence electrons. The first kappa shape index (κ1) is 11.6. The Morgan fingerprint density at radius 3 is 2.69 bits per heavy atom. The Kier molecular flexibility index (Phi) is 3.56. The summed E-state index contributed by atoms with van der Waals surface area (Å²) >= 11 is 0. The standard InChI is InChI=1S/C13H20N2O/c1-11-4-5-12(14-8-11)9-15-13(10-16)6-2-3-7-13/h4-5,8,15-16H,2-3,6-7,9-10H2,1H3. The average molecular weight is 220 g/mol. The molecule has 0 unspecified atom stereocenters. The van der Waals surface area contributed by atoms with Gasteiger partial charge in [-0.05, 0) is 31.4 Å². The summed E-state index contributed by atoms with van der Waals surface area (Å²) in [5.41, 5.74) is 2.18. The molecule has 3 heteroatoms. The van der Waals surface area contributed by atoms with Crippen LogP contribution < -0.4 is 5.32 Å². The number of rotatable bonds is 4. The largest absolute Gasteiger partial charge is 0.394 e. The molecule has 0 saturated heterocycles. The molecular weight excluding hydrogens is 200 g/mol. The third-order valence-corrected chi connectivity index (χ3v) is 3.48. The first-order valence-corrected chi connectivity index (χ1v) is 6.02. The lowest BCUT2D eigenvalue weighted by molar-refractivity contribution is 0.162. The first-order valence-electron chi connectivity index (χ1n) is 6.02. The fraction of sp³-hybridized carbons (Fsp3) is 0.615. The van der Waals surface area contributed by atoms with Gasteiger partial charge in [0.25, 0.3) is 0 Å². The van der Waals surface area contributed by atoms with Gasteiger partial charge in [0.1, 0.15) is 0 Å². The van der Waals surface area contributed by atoms with E-state index >= 15 is 0 Å². The number of aliphatic hydroxyl groups excluding tert-OH is 1. The highest BCUT2D eigenvalue weighted by Crippen LogP contribution is 2.29. The van der Waals surface area contributed by atoms with Gasteiger partial charge in [0.15, 0.2) is 0 Å². The number of nitrogens with one attached hydrogen (secondary N) is 1. The van der Waals surface area contributed by atoms with Gasteiger partial charge in [-0.1, -0.05) is 18.9 Å². The molecule has 1 heterocycles. The Morgan fingerprint density at radius 2 is 2.12 bits per heavy atom. The fourth-order valence-corrected chi connectivity index (χ4v) is 2.32. The number of hydrogen-bond acceptors (Lipinski definition) is 3. The molecule has 0 bridgehead atoms. The predicted octanol–water partition coefficient (Wildman–Crippen LogP) is 1.78. The van der Waals surface area contributed by atoms with E-state index in [2.05, 4.69) is 16.4 Å². The SMILES string of the molecule is Cc1ccc(CNC2(CO)CCCC2)nc1. The maximum atomic E-state index is 9.46. The van der Waals surface area contributed by atoms with Crippen LogP contribution in [0.1, 0.15) is 36.9 Å². The maximum absolute atomic E-state index is 9.46. The van der Waals surface area contributed by atoms with Gasteiger partial charge in [0.05, 0.1) is 12.3 Å². The lowest BCUT2D eigenvalue weighted by Gasteiger charge is -2.27. The van der Waals surface area contributed by atoms with E-state index in [-0.39, 0.29) is 12.1 Å². The van der Waals surface area contributed by atoms with Crippen LogP contribution in [0.25, 0.3) is 0 Å². The molecule has 0 radical (unpaired) electrons. The molecule has 2 N–H and O–H groups in total. The zero-order valence-corrected chi connectivity index (χ0v) is 9.87. The summed E-state index contributed by atoms with van der Waals surface area (Å²) in [4.78, 5) is 4.36. The second-order valence-corrected chi connectivity index (χ2v) is 4.83. The minimum absolute atomic E-state index is 0.0490. The lowest BCUT2D eigenvalue weighted by Crippen LogP contribution is -2.45. The summed E-state index contributed by atoms with van der Waals surface area (Å²) < 4.78 is 0. The number of pyridine rings is 1. The number of aromatic nitrogens is 1. The van der Waals surface area contributed by atoms with Crippen LogP contribution >= 0.6 is 0 Å². The topological polar surface area (TPSA) is 45.1 Å². The molecule has 1 fully saturated rings. The van der Waals surface area contributed by atoms with Gasteiger partial charge in [-0.15, -0.1) is 0 Å². The molecule has 0 atom stereocenters. The molecular formula is C13H20N2O. The third-order valence-electron chi connectivity index (χ3n) is 3.48. The second-order valence-electron chi connectivity index (χ2n) is 4.83. The van der Waals surface area contributed by atoms with Crippen molar-refractivity contribution >= 4 is 0 Å². The van der Waals surface area contributed by atoms with Crippen molar-refractivity contribution in [3.63, 3.8) is 0 Å². The summed E-state index contributed by atoms with van der Waals surface area (Å²) in [6.45, 7) is 3.02. The minimum Gasteiger partial charge on any atom is -0.394 e. The van der Waals surface area contributed by atoms with Gasteiger partial charge in [0, 0.05) is 18.3 Å². The number of aliphatic hydroxyl groups is 1. The van der Waals surface area contributed by atoms with E-state index in [9.17, 15) is 5.11 Å². The molecule has 1 saturated carbocycles. The van der Waals surface area contributed by atoms with Crippen LogP contribution in [-0.4, -0.2) is 22.2 Å². The van der Waals surface area contributed by atoms with E-state index in [1.165, 1.54) is 18.4 Å². The van der Waals surface area contributed by atoms with Crippen LogP contribution in [0.15, 0.2) is 18.3 Å². The average Bonchev–Trinajstić information content (AvgIpc) is 2.78. The molecule has 16 heavy (non-hydrogen) atoms. The monoisotopic (exact) mass is 220 g/mol. The smallest absolute Gasteiger partial charge is 0.0613 e. The first-order chi connectivity index (χ1) is 7.74. The van der Waals surface area contributed by atoms with Crippen molar-refractivity contribution in [3.8, 4) is 0 Å². The fourth-order valence-electron chi connectivity index (χ4n) is 2.32. The Balaban J connectivity index is 1.93. The van der Waals surface area contributed by atoms with Gasteiger partial charge >= 0.3 is 0 Å². The lowest BCUT2D eigenvalue weighted by atomic mass is 9.99. The van der Waals surface area contributed by atoms with Gasteiger partial charge in [-0.25, -0.2) is 0 Å². The molecule has 1 aromatic heterocycles. The summed E-state index contributed by atoms with van der Waals surface area (Å²) in [7, 11) is 0. The highest BCUT2D eigenvalue weighted by Gasteiger charge is 2.32. The number of hydrogen-bond donors (Lipinski definition) is 2. The summed E-state index contributed by atoms with van der Waals surface area (Å²) in [5.74, 6) is 0. The third kappa shape index (κ3) is 2.60. The van der Waals surface area contributed by atoms with E-state index in [0.29, 0.717) is 0 Å². The van der Waals surface area contributed by atoms with Crippen molar-refractivity contribution in [1.29, 1.82) is 0 Å². The van der Waals surface area contributed by atoms with Crippen LogP contribution in [-0.2, 0) is 6.54 Å². The molecule has 1 aromatic rings. The molecule has 0 aliphatic heterocycles. The quantitative estimate of drug-likeness (QED) is 0.813. The van der Waals surface area contributed by atoms with Crippen LogP contribution in [0, 0.1) is 6.92 Å². The van der Waals surface area contributed by atoms with Crippen LogP contribution in [0.3, 0.4) is 0 Å². The zero-order valence-electron chi connectivity index (χ0n) is 9.87. The number of nitrogens with zero attached hydrogens (tertiary/aromatic N) is 1. The van der Waals surface area contributed by atoms with Crippen molar-refractivity contribution < 1.29 is 5.11 Å². The molecule has 1 aliphatic rings. The summed E-state index contributed by atoms with van der Waals surface area (Å²) in [6, 6.07) is 4.12. The van der Waals surface area contributed by atoms with E-state index in [1.807, 2.05) is 19.2 Å². The van der Waals surface area contributed by atoms with Gasteiger partial charge < -0.3 is 10.4 Å². The van der Waals surface area contributed by atoms with Crippen molar-refractivity contribution in [3.05, 3.63) is 29.6 Å². The minimum atomic E-state index is -0.0490. The van der Waals surface area contributed by atoms with E-state index in [1.54, 1.807) is 0 Å². The predicted molar refractivity (Wildman–Crippen MR) is 64.1 cm³/mol. The Hall–Kier alpha value is -0.930. The van der Waals surface area contributed by atoms with Gasteiger partial charge in [0.2, 0.25) is 0 Å². The molecule has 3 nitrogen and oxygen atoms in total. The molecule has 0 spiro atoms. The number of aryl methyl sites for hydroxylation is 1. The molecule has 0 aromatic carbocycles. The molecule has 0 amide bonds.